The van der Waals surface area contributed by atoms with Gasteiger partial charge in [-0.3, -0.25) is 0 Å². The largest absolute Gasteiger partial charge is 0.240 e. The van der Waals surface area contributed by atoms with Gasteiger partial charge in [-0.2, -0.15) is 0 Å². The maximum absolute atomic E-state index is 13.8. The van der Waals surface area contributed by atoms with Gasteiger partial charge in [0.1, 0.15) is 5.82 Å². The summed E-state index contributed by atoms with van der Waals surface area (Å²) < 4.78 is 38.9. The van der Waals surface area contributed by atoms with Crippen molar-refractivity contribution in [1.82, 2.24) is 4.72 Å². The van der Waals surface area contributed by atoms with Crippen molar-refractivity contribution in [2.24, 2.45) is 5.41 Å². The molecule has 0 fully saturated rings. The van der Waals surface area contributed by atoms with Crippen molar-refractivity contribution in [3.8, 4) is 0 Å². The maximum Gasteiger partial charge on any atom is 0.240 e. The molecule has 0 unspecified atom stereocenters. The van der Waals surface area contributed by atoms with Crippen LogP contribution in [0.25, 0.3) is 0 Å². The fourth-order valence-electron chi connectivity index (χ4n) is 1.53. The Kier molecular flexibility index (Phi) is 3.94. The second-order valence-electron chi connectivity index (χ2n) is 5.20. The third-order valence-electron chi connectivity index (χ3n) is 2.32. The molecule has 1 aromatic rings. The van der Waals surface area contributed by atoms with Crippen molar-refractivity contribution in [2.75, 3.05) is 7.05 Å². The first-order chi connectivity index (χ1) is 7.65. The standard InChI is InChI=1S/C12H18FNO2S/c1-12(2,3)8-9-5-6-10(7-11(9)13)17(15,16)14-4/h5-7,14H,8H2,1-4H3. The molecule has 0 radical (unpaired) electrons. The second kappa shape index (κ2) is 4.74. The van der Waals surface area contributed by atoms with E-state index < -0.39 is 15.8 Å². The van der Waals surface area contributed by atoms with Gasteiger partial charge in [0.15, 0.2) is 0 Å². The summed E-state index contributed by atoms with van der Waals surface area (Å²) >= 11 is 0. The molecule has 5 heteroatoms. The van der Waals surface area contributed by atoms with E-state index in [0.717, 1.165) is 6.07 Å². The molecule has 1 rings (SSSR count). The summed E-state index contributed by atoms with van der Waals surface area (Å²) in [6.45, 7) is 6.01. The van der Waals surface area contributed by atoms with Gasteiger partial charge in [-0.25, -0.2) is 17.5 Å². The van der Waals surface area contributed by atoms with Gasteiger partial charge in [-0.15, -0.1) is 0 Å². The minimum atomic E-state index is -3.57. The molecule has 0 atom stereocenters. The third kappa shape index (κ3) is 3.78. The van der Waals surface area contributed by atoms with E-state index in [1.165, 1.54) is 19.2 Å². The number of benzene rings is 1. The van der Waals surface area contributed by atoms with Crippen LogP contribution in [0.5, 0.6) is 0 Å². The Morgan fingerprint density at radius 2 is 1.88 bits per heavy atom. The van der Waals surface area contributed by atoms with Gasteiger partial charge < -0.3 is 0 Å². The lowest BCUT2D eigenvalue weighted by Gasteiger charge is -2.18. The first kappa shape index (κ1) is 14.1. The second-order valence-corrected chi connectivity index (χ2v) is 7.08. The fraction of sp³-hybridized carbons (Fsp3) is 0.500. The molecule has 3 nitrogen and oxygen atoms in total. The van der Waals surface area contributed by atoms with E-state index in [1.807, 2.05) is 20.8 Å². The minimum Gasteiger partial charge on any atom is -0.214 e. The molecule has 0 aliphatic rings. The van der Waals surface area contributed by atoms with Gasteiger partial charge in [0.05, 0.1) is 4.90 Å². The molecule has 0 aliphatic carbocycles. The highest BCUT2D eigenvalue weighted by molar-refractivity contribution is 7.89. The van der Waals surface area contributed by atoms with E-state index in [1.54, 1.807) is 0 Å². The van der Waals surface area contributed by atoms with Gasteiger partial charge in [0.2, 0.25) is 10.0 Å². The normalized spacial score (nSPS) is 12.8. The lowest BCUT2D eigenvalue weighted by atomic mass is 9.88. The van der Waals surface area contributed by atoms with Crippen LogP contribution in [0.1, 0.15) is 26.3 Å². The molecule has 0 spiro atoms. The summed E-state index contributed by atoms with van der Waals surface area (Å²) in [5, 5.41) is 0. The smallest absolute Gasteiger partial charge is 0.214 e. The van der Waals surface area contributed by atoms with E-state index in [9.17, 15) is 12.8 Å². The zero-order valence-electron chi connectivity index (χ0n) is 10.5. The number of sulfonamides is 1. The Morgan fingerprint density at radius 3 is 2.29 bits per heavy atom. The van der Waals surface area contributed by atoms with Crippen LogP contribution in [0.4, 0.5) is 4.39 Å². The summed E-state index contributed by atoms with van der Waals surface area (Å²) in [6, 6.07) is 4.02. The molecule has 0 amide bonds. The molecule has 0 bridgehead atoms. The predicted octanol–water partition coefficient (Wildman–Crippen LogP) is 2.32. The van der Waals surface area contributed by atoms with Crippen molar-refractivity contribution in [2.45, 2.75) is 32.1 Å². The number of halogens is 1. The van der Waals surface area contributed by atoms with Crippen molar-refractivity contribution in [1.29, 1.82) is 0 Å². The van der Waals surface area contributed by atoms with E-state index in [-0.39, 0.29) is 10.3 Å². The molecule has 0 heterocycles. The molecule has 96 valence electrons. The van der Waals surface area contributed by atoms with Crippen LogP contribution in [-0.4, -0.2) is 15.5 Å². The highest BCUT2D eigenvalue weighted by Crippen LogP contribution is 2.23. The van der Waals surface area contributed by atoms with Crippen LogP contribution in [0.3, 0.4) is 0 Å². The van der Waals surface area contributed by atoms with Gasteiger partial charge in [-0.1, -0.05) is 26.8 Å². The molecule has 0 aromatic heterocycles. The van der Waals surface area contributed by atoms with Crippen LogP contribution in [0, 0.1) is 11.2 Å². The molecule has 0 saturated carbocycles. The van der Waals surface area contributed by atoms with Crippen LogP contribution < -0.4 is 4.72 Å². The van der Waals surface area contributed by atoms with E-state index in [0.29, 0.717) is 12.0 Å². The topological polar surface area (TPSA) is 46.2 Å². The van der Waals surface area contributed by atoms with Crippen molar-refractivity contribution >= 4 is 10.0 Å². The highest BCUT2D eigenvalue weighted by atomic mass is 32.2. The Labute approximate surface area is 102 Å². The van der Waals surface area contributed by atoms with Gasteiger partial charge in [0, 0.05) is 0 Å². The monoisotopic (exact) mass is 259 g/mol. The summed E-state index contributed by atoms with van der Waals surface area (Å²) in [5.74, 6) is -0.476. The number of rotatable bonds is 3. The molecule has 17 heavy (non-hydrogen) atoms. The first-order valence-electron chi connectivity index (χ1n) is 5.38. The third-order valence-corrected chi connectivity index (χ3v) is 3.74. The average molecular weight is 259 g/mol. The van der Waals surface area contributed by atoms with Crippen molar-refractivity contribution in [3.63, 3.8) is 0 Å². The number of nitrogens with one attached hydrogen (secondary N) is 1. The summed E-state index contributed by atoms with van der Waals surface area (Å²) in [5.41, 5.74) is 0.497. The highest BCUT2D eigenvalue weighted by Gasteiger charge is 2.17. The predicted molar refractivity (Wildman–Crippen MR) is 65.8 cm³/mol. The molecule has 0 saturated heterocycles. The van der Waals surface area contributed by atoms with Gasteiger partial charge in [0.25, 0.3) is 0 Å². The molecule has 1 aromatic carbocycles. The number of hydrogen-bond acceptors (Lipinski definition) is 2. The Balaban J connectivity index is 3.11. The summed E-state index contributed by atoms with van der Waals surface area (Å²) in [4.78, 5) is -0.0461. The van der Waals surface area contributed by atoms with E-state index in [2.05, 4.69) is 4.72 Å². The van der Waals surface area contributed by atoms with Crippen LogP contribution in [0.2, 0.25) is 0 Å². The quantitative estimate of drug-likeness (QED) is 0.905. The van der Waals surface area contributed by atoms with Crippen LogP contribution in [-0.2, 0) is 16.4 Å². The van der Waals surface area contributed by atoms with Crippen molar-refractivity contribution in [3.05, 3.63) is 29.6 Å². The Hall–Kier alpha value is -0.940. The van der Waals surface area contributed by atoms with Crippen LogP contribution >= 0.6 is 0 Å². The lowest BCUT2D eigenvalue weighted by Crippen LogP contribution is -2.19. The zero-order valence-corrected chi connectivity index (χ0v) is 11.4. The SMILES string of the molecule is CNS(=O)(=O)c1ccc(CC(C)(C)C)c(F)c1. The zero-order chi connectivity index (χ0) is 13.3. The van der Waals surface area contributed by atoms with Crippen LogP contribution in [0.15, 0.2) is 23.1 Å². The lowest BCUT2D eigenvalue weighted by molar-refractivity contribution is 0.402. The number of hydrogen-bond donors (Lipinski definition) is 1. The Morgan fingerprint density at radius 1 is 1.29 bits per heavy atom. The molecule has 1 N–H and O–H groups in total. The average Bonchev–Trinajstić information content (AvgIpc) is 2.19. The first-order valence-corrected chi connectivity index (χ1v) is 6.86. The van der Waals surface area contributed by atoms with E-state index >= 15 is 0 Å². The maximum atomic E-state index is 13.8. The van der Waals surface area contributed by atoms with Gasteiger partial charge >= 0.3 is 0 Å². The summed E-state index contributed by atoms with van der Waals surface area (Å²) in [6.07, 6.45) is 0.568. The Bertz CT molecular complexity index is 504. The van der Waals surface area contributed by atoms with Crippen molar-refractivity contribution < 1.29 is 12.8 Å². The van der Waals surface area contributed by atoms with E-state index in [4.69, 9.17) is 0 Å². The fourth-order valence-corrected chi connectivity index (χ4v) is 2.27. The van der Waals surface area contributed by atoms with Gasteiger partial charge in [-0.05, 0) is 36.6 Å². The molecular formula is C12H18FNO2S. The molecule has 0 aliphatic heterocycles. The minimum absolute atomic E-state index is 0.0375. The summed E-state index contributed by atoms with van der Waals surface area (Å²) in [7, 11) is -2.27. The molecular weight excluding hydrogens is 241 g/mol.